The Hall–Kier alpha value is -5.93. The minimum atomic E-state index is -1.35. The van der Waals surface area contributed by atoms with E-state index < -0.39 is 18.0 Å². The quantitative estimate of drug-likeness (QED) is 0.0825. The van der Waals surface area contributed by atoms with E-state index in [1.165, 1.54) is 13.1 Å². The first-order chi connectivity index (χ1) is 30.4. The van der Waals surface area contributed by atoms with Crippen LogP contribution in [0, 0.1) is 36.0 Å². The lowest BCUT2D eigenvalue weighted by molar-refractivity contribution is -0.150. The van der Waals surface area contributed by atoms with Crippen LogP contribution in [0.4, 0.5) is 0 Å². The molecule has 5 aromatic rings. The fourth-order valence-electron chi connectivity index (χ4n) is 8.63. The molecular weight excluding hydrogens is 816 g/mol. The van der Waals surface area contributed by atoms with Crippen molar-refractivity contribution in [3.63, 3.8) is 0 Å². The molecule has 3 N–H and O–H groups in total. The molecule has 7 rings (SSSR count). The summed E-state index contributed by atoms with van der Waals surface area (Å²) in [5.41, 5.74) is 7.86. The van der Waals surface area contributed by atoms with Gasteiger partial charge in [-0.2, -0.15) is 5.26 Å². The van der Waals surface area contributed by atoms with E-state index in [-0.39, 0.29) is 37.4 Å². The molecular formula is C51H55ClN4O7. The molecule has 328 valence electrons. The number of amides is 1. The van der Waals surface area contributed by atoms with Crippen molar-refractivity contribution >= 4 is 23.5 Å². The Morgan fingerprint density at radius 1 is 0.905 bits per heavy atom. The minimum absolute atomic E-state index is 0.105. The van der Waals surface area contributed by atoms with Gasteiger partial charge in [0.1, 0.15) is 43.1 Å². The maximum atomic E-state index is 12.6. The van der Waals surface area contributed by atoms with Crippen LogP contribution in [0.2, 0.25) is 5.02 Å². The van der Waals surface area contributed by atoms with Crippen LogP contribution < -0.4 is 19.5 Å². The van der Waals surface area contributed by atoms with Crippen LogP contribution in [0.15, 0.2) is 91.3 Å². The van der Waals surface area contributed by atoms with Gasteiger partial charge in [-0.25, -0.2) is 0 Å². The number of hydrogen-bond acceptors (Lipinski definition) is 9. The molecule has 0 saturated carbocycles. The van der Waals surface area contributed by atoms with Crippen molar-refractivity contribution in [3.8, 4) is 45.6 Å². The van der Waals surface area contributed by atoms with E-state index in [1.54, 1.807) is 24.4 Å². The van der Waals surface area contributed by atoms with Crippen LogP contribution in [-0.4, -0.2) is 71.4 Å². The van der Waals surface area contributed by atoms with Crippen molar-refractivity contribution in [3.05, 3.63) is 130 Å². The van der Waals surface area contributed by atoms with Gasteiger partial charge < -0.3 is 29.7 Å². The van der Waals surface area contributed by atoms with Gasteiger partial charge in [-0.3, -0.25) is 19.5 Å². The topological polar surface area (TPSA) is 154 Å². The maximum Gasteiger partial charge on any atom is 0.311 e. The summed E-state index contributed by atoms with van der Waals surface area (Å²) in [5.74, 6) is 0.818. The number of benzene rings is 4. The predicted octanol–water partition coefficient (Wildman–Crippen LogP) is 9.10. The number of aliphatic hydroxyl groups is 1. The molecule has 63 heavy (non-hydrogen) atoms. The molecule has 1 aromatic heterocycles. The molecule has 1 atom stereocenters. The van der Waals surface area contributed by atoms with Gasteiger partial charge in [0.2, 0.25) is 5.91 Å². The Bertz CT molecular complexity index is 2480. The Morgan fingerprint density at radius 3 is 2.33 bits per heavy atom. The number of aromatic nitrogens is 1. The largest absolute Gasteiger partial charge is 0.492 e. The third kappa shape index (κ3) is 10.5. The van der Waals surface area contributed by atoms with E-state index in [2.05, 4.69) is 71.5 Å². The number of carboxylic acids is 1. The van der Waals surface area contributed by atoms with Gasteiger partial charge >= 0.3 is 5.97 Å². The molecule has 3 heterocycles. The van der Waals surface area contributed by atoms with Crippen LogP contribution in [0.1, 0.15) is 72.4 Å². The van der Waals surface area contributed by atoms with Crippen LogP contribution in [0.25, 0.3) is 22.3 Å². The summed E-state index contributed by atoms with van der Waals surface area (Å²) in [6.07, 6.45) is 7.41. The summed E-state index contributed by atoms with van der Waals surface area (Å²) in [5, 5.41) is 32.4. The second-order valence-electron chi connectivity index (χ2n) is 17.1. The van der Waals surface area contributed by atoms with Crippen molar-refractivity contribution in [1.82, 2.24) is 15.2 Å². The first-order valence-corrected chi connectivity index (χ1v) is 22.0. The van der Waals surface area contributed by atoms with Crippen molar-refractivity contribution in [1.29, 1.82) is 5.26 Å². The third-order valence-corrected chi connectivity index (χ3v) is 13.2. The number of nitrogens with zero attached hydrogens (tertiary/aromatic N) is 3. The molecule has 12 heteroatoms. The Balaban J connectivity index is 1.02. The smallest absolute Gasteiger partial charge is 0.311 e. The van der Waals surface area contributed by atoms with Crippen LogP contribution in [0.5, 0.6) is 17.2 Å². The average Bonchev–Trinajstić information content (AvgIpc) is 3.30. The lowest BCUT2D eigenvalue weighted by Crippen LogP contribution is -2.52. The highest BCUT2D eigenvalue weighted by atomic mass is 35.5. The number of halogens is 1. The summed E-state index contributed by atoms with van der Waals surface area (Å²) >= 11 is 6.82. The maximum absolute atomic E-state index is 12.6. The number of aliphatic hydroxyl groups excluding tert-OH is 1. The second kappa shape index (κ2) is 20.1. The zero-order valence-electron chi connectivity index (χ0n) is 36.2. The highest BCUT2D eigenvalue weighted by Gasteiger charge is 2.42. The van der Waals surface area contributed by atoms with Gasteiger partial charge in [-0.05, 0) is 141 Å². The predicted molar refractivity (Wildman–Crippen MR) is 243 cm³/mol. The van der Waals surface area contributed by atoms with Gasteiger partial charge in [-0.1, -0.05) is 60.1 Å². The van der Waals surface area contributed by atoms with Crippen molar-refractivity contribution < 1.29 is 34.0 Å². The summed E-state index contributed by atoms with van der Waals surface area (Å²) < 4.78 is 18.8. The van der Waals surface area contributed by atoms with Gasteiger partial charge in [0.15, 0.2) is 0 Å². The number of nitrogens with one attached hydrogen (secondary N) is 1. The first-order valence-electron chi connectivity index (χ1n) is 21.6. The highest BCUT2D eigenvalue weighted by Crippen LogP contribution is 2.40. The summed E-state index contributed by atoms with van der Waals surface area (Å²) in [6.45, 7) is 9.62. The van der Waals surface area contributed by atoms with Crippen LogP contribution in [0.3, 0.4) is 0 Å². The highest BCUT2D eigenvalue weighted by molar-refractivity contribution is 6.32. The number of pyridine rings is 1. The van der Waals surface area contributed by atoms with E-state index in [9.17, 15) is 25.1 Å². The molecule has 0 aliphatic carbocycles. The Kier molecular flexibility index (Phi) is 14.4. The number of carbonyl (C=O) groups is 2. The van der Waals surface area contributed by atoms with Crippen molar-refractivity contribution in [2.24, 2.45) is 10.8 Å². The van der Waals surface area contributed by atoms with Crippen molar-refractivity contribution in [2.75, 3.05) is 39.4 Å². The average molecular weight is 871 g/mol. The number of aliphatic carboxylic acids is 1. The second-order valence-corrected chi connectivity index (χ2v) is 17.5. The number of carbonyl (C=O) groups excluding carboxylic acids is 1. The number of likely N-dealkylation sites (tertiary alicyclic amines) is 1. The summed E-state index contributed by atoms with van der Waals surface area (Å²) in [4.78, 5) is 31.0. The fourth-order valence-corrected chi connectivity index (χ4v) is 8.87. The molecule has 0 radical (unpaired) electrons. The molecule has 1 amide bonds. The molecule has 0 unspecified atom stereocenters. The molecule has 2 aliphatic heterocycles. The van der Waals surface area contributed by atoms with E-state index in [0.29, 0.717) is 39.8 Å². The third-order valence-electron chi connectivity index (χ3n) is 13.0. The molecule has 11 nitrogen and oxygen atoms in total. The number of hydrogen-bond donors (Lipinski definition) is 3. The van der Waals surface area contributed by atoms with E-state index in [1.807, 2.05) is 24.3 Å². The molecule has 1 spiro atoms. The number of ether oxygens (including phenoxy) is 3. The van der Waals surface area contributed by atoms with Crippen LogP contribution >= 0.6 is 11.6 Å². The summed E-state index contributed by atoms with van der Waals surface area (Å²) in [6, 6.07) is 28.0. The monoisotopic (exact) mass is 870 g/mol. The lowest BCUT2D eigenvalue weighted by atomic mass is 9.72. The van der Waals surface area contributed by atoms with E-state index in [4.69, 9.17) is 25.8 Å². The molecule has 2 fully saturated rings. The standard InChI is InChI=1S/C51H55ClN4O7/c1-34-40(32-63-47-27-46(62-31-37-25-36(28-53)29-54-30-37)39(26-45(47)52)15-17-50(3,33-57)49(59)60)7-4-9-43(34)44-10-5-8-42(35(44)2)38-11-13-41(14-12-38)61-24-23-56-21-18-51(19-22-56)16-6-20-55-48(51)58/h4-5,7-14,25-27,29-30,57H,6,15-24,31-33H2,1-3H3,(H,55,58)(H,59,60)/t50-/m0/s1. The SMILES string of the molecule is Cc1c(COc2cc(OCc3cncc(C#N)c3)c(CC[C@@](C)(CO)C(=O)O)cc2Cl)cccc1-c1cccc(-c2ccc(OCCN3CCC4(CCCNC4=O)CC3)cc2)c1C. The summed E-state index contributed by atoms with van der Waals surface area (Å²) in [7, 11) is 0. The molecule has 0 bridgehead atoms. The number of aryl methyl sites for hydroxylation is 1. The zero-order valence-corrected chi connectivity index (χ0v) is 37.0. The first kappa shape index (κ1) is 45.1. The van der Waals surface area contributed by atoms with Gasteiger partial charge in [0.05, 0.1) is 28.0 Å². The van der Waals surface area contributed by atoms with Crippen molar-refractivity contribution in [2.45, 2.75) is 72.5 Å². The zero-order chi connectivity index (χ0) is 44.6. The number of carboxylic acid groups (broad SMARTS) is 1. The van der Waals surface area contributed by atoms with Gasteiger partial charge in [-0.15, -0.1) is 0 Å². The Morgan fingerprint density at radius 2 is 1.62 bits per heavy atom. The minimum Gasteiger partial charge on any atom is -0.492 e. The molecule has 2 saturated heterocycles. The fraction of sp³-hybridized carbons (Fsp3) is 0.373. The van der Waals surface area contributed by atoms with Gasteiger partial charge in [0, 0.05) is 37.1 Å². The van der Waals surface area contributed by atoms with E-state index in [0.717, 1.165) is 96.6 Å². The van der Waals surface area contributed by atoms with Gasteiger partial charge in [0.25, 0.3) is 0 Å². The van der Waals surface area contributed by atoms with E-state index >= 15 is 0 Å². The molecule has 2 aliphatic rings. The number of rotatable bonds is 17. The Labute approximate surface area is 374 Å². The number of nitriles is 1. The van der Waals surface area contributed by atoms with Crippen LogP contribution in [-0.2, 0) is 29.2 Å². The normalized spacial score (nSPS) is 15.8. The number of piperidine rings is 2. The molecule has 4 aromatic carbocycles. The lowest BCUT2D eigenvalue weighted by Gasteiger charge is -2.42.